The number of H-pyrrole nitrogens is 1. The van der Waals surface area contributed by atoms with Gasteiger partial charge in [0.15, 0.2) is 5.76 Å². The highest BCUT2D eigenvalue weighted by molar-refractivity contribution is 5.95. The van der Waals surface area contributed by atoms with Gasteiger partial charge in [-0.05, 0) is 6.92 Å². The van der Waals surface area contributed by atoms with Crippen molar-refractivity contribution in [3.8, 4) is 0 Å². The zero-order valence-corrected chi connectivity index (χ0v) is 6.01. The summed E-state index contributed by atoms with van der Waals surface area (Å²) in [6.07, 6.45) is 0. The molecule has 1 aromatic rings. The first-order chi connectivity index (χ1) is 5.15. The lowest BCUT2D eigenvalue weighted by Crippen LogP contribution is -2.13. The fraction of sp³-hybridized carbons (Fsp3) is 0.333. The second kappa shape index (κ2) is 2.71. The molecule has 5 heteroatoms. The molecule has 0 unspecified atom stereocenters. The Kier molecular flexibility index (Phi) is 1.91. The number of rotatable bonds is 2. The van der Waals surface area contributed by atoms with Crippen molar-refractivity contribution in [1.29, 1.82) is 0 Å². The lowest BCUT2D eigenvalue weighted by molar-refractivity contribution is 0.0972. The van der Waals surface area contributed by atoms with Gasteiger partial charge in [-0.2, -0.15) is 0 Å². The summed E-state index contributed by atoms with van der Waals surface area (Å²) in [5, 5.41) is 0. The number of Topliss-reactive ketones (excluding diaryl/α,β-unsaturated/α-hetero) is 1. The highest BCUT2D eigenvalue weighted by Gasteiger charge is 2.12. The van der Waals surface area contributed by atoms with Crippen molar-refractivity contribution in [3.63, 3.8) is 0 Å². The van der Waals surface area contributed by atoms with E-state index in [1.807, 2.05) is 0 Å². The molecule has 3 N–H and O–H groups in total. The first kappa shape index (κ1) is 7.74. The van der Waals surface area contributed by atoms with Gasteiger partial charge in [-0.1, -0.05) is 0 Å². The topological polar surface area (TPSA) is 89.1 Å². The molecule has 0 amide bonds. The Bertz CT molecular complexity index is 323. The number of aryl methyl sites for hydroxylation is 1. The van der Waals surface area contributed by atoms with E-state index in [0.717, 1.165) is 0 Å². The molecular weight excluding hydrogens is 148 g/mol. The molecule has 0 atom stereocenters. The Morgan fingerprint density at radius 3 is 2.73 bits per heavy atom. The van der Waals surface area contributed by atoms with Crippen LogP contribution in [0.4, 0.5) is 0 Å². The molecule has 0 aliphatic carbocycles. The first-order valence-corrected chi connectivity index (χ1v) is 3.08. The maximum atomic E-state index is 10.9. The molecule has 5 nitrogen and oxygen atoms in total. The molecule has 0 aliphatic rings. The standard InChI is InChI=1S/C6H8N2O3/c1-3-5(4(9)2-7)11-6(10)8-3/h2,7H2,1H3,(H,8,10). The molecule has 0 fully saturated rings. The van der Waals surface area contributed by atoms with Crippen LogP contribution in [0.2, 0.25) is 0 Å². The third-order valence-electron chi connectivity index (χ3n) is 1.26. The maximum absolute atomic E-state index is 10.9. The first-order valence-electron chi connectivity index (χ1n) is 3.08. The molecule has 0 radical (unpaired) electrons. The van der Waals surface area contributed by atoms with Gasteiger partial charge in [0.1, 0.15) is 0 Å². The number of aromatic amines is 1. The van der Waals surface area contributed by atoms with E-state index in [0.29, 0.717) is 5.69 Å². The van der Waals surface area contributed by atoms with E-state index in [4.69, 9.17) is 5.73 Å². The molecular formula is C6H8N2O3. The summed E-state index contributed by atoms with van der Waals surface area (Å²) >= 11 is 0. The average Bonchev–Trinajstić information content (AvgIpc) is 2.28. The highest BCUT2D eigenvalue weighted by Crippen LogP contribution is 2.00. The van der Waals surface area contributed by atoms with Gasteiger partial charge in [-0.3, -0.25) is 9.78 Å². The summed E-state index contributed by atoms with van der Waals surface area (Å²) in [5.74, 6) is -0.974. The number of carbonyl (C=O) groups is 1. The predicted octanol–water partition coefficient (Wildman–Crippen LogP) is -0.582. The van der Waals surface area contributed by atoms with E-state index >= 15 is 0 Å². The molecule has 0 bridgehead atoms. The summed E-state index contributed by atoms with van der Waals surface area (Å²) in [4.78, 5) is 23.7. The fourth-order valence-corrected chi connectivity index (χ4v) is 0.763. The van der Waals surface area contributed by atoms with Crippen LogP contribution in [-0.4, -0.2) is 17.3 Å². The second-order valence-electron chi connectivity index (χ2n) is 2.10. The van der Waals surface area contributed by atoms with Crippen LogP contribution in [-0.2, 0) is 0 Å². The highest BCUT2D eigenvalue weighted by atomic mass is 16.4. The maximum Gasteiger partial charge on any atom is 0.417 e. The van der Waals surface area contributed by atoms with E-state index in [9.17, 15) is 9.59 Å². The Morgan fingerprint density at radius 1 is 1.73 bits per heavy atom. The van der Waals surface area contributed by atoms with Crippen molar-refractivity contribution >= 4 is 5.78 Å². The zero-order chi connectivity index (χ0) is 8.43. The summed E-state index contributed by atoms with van der Waals surface area (Å²) in [5.41, 5.74) is 5.48. The molecule has 0 aromatic carbocycles. The molecule has 0 saturated heterocycles. The molecule has 11 heavy (non-hydrogen) atoms. The molecule has 1 aromatic heterocycles. The number of nitrogens with one attached hydrogen (secondary N) is 1. The Balaban J connectivity index is 3.13. The minimum Gasteiger partial charge on any atom is -0.404 e. The molecule has 0 spiro atoms. The number of oxazole rings is 1. The minimum atomic E-state index is -0.626. The van der Waals surface area contributed by atoms with E-state index in [2.05, 4.69) is 9.40 Å². The van der Waals surface area contributed by atoms with Gasteiger partial charge in [-0.25, -0.2) is 4.79 Å². The van der Waals surface area contributed by atoms with E-state index in [1.54, 1.807) is 6.92 Å². The number of carbonyl (C=O) groups excluding carboxylic acids is 1. The largest absolute Gasteiger partial charge is 0.417 e. The van der Waals surface area contributed by atoms with Gasteiger partial charge < -0.3 is 10.2 Å². The molecule has 60 valence electrons. The van der Waals surface area contributed by atoms with Crippen molar-refractivity contribution in [2.45, 2.75) is 6.92 Å². The van der Waals surface area contributed by atoms with Gasteiger partial charge >= 0.3 is 5.76 Å². The van der Waals surface area contributed by atoms with Gasteiger partial charge in [-0.15, -0.1) is 0 Å². The van der Waals surface area contributed by atoms with Gasteiger partial charge in [0.25, 0.3) is 0 Å². The third-order valence-corrected chi connectivity index (χ3v) is 1.26. The van der Waals surface area contributed by atoms with Crippen molar-refractivity contribution in [2.75, 3.05) is 6.54 Å². The smallest absolute Gasteiger partial charge is 0.404 e. The van der Waals surface area contributed by atoms with Crippen LogP contribution in [0.25, 0.3) is 0 Å². The van der Waals surface area contributed by atoms with Crippen LogP contribution in [0, 0.1) is 6.92 Å². The van der Waals surface area contributed by atoms with Gasteiger partial charge in [0, 0.05) is 0 Å². The Labute approximate surface area is 62.2 Å². The van der Waals surface area contributed by atoms with Crippen LogP contribution in [0.3, 0.4) is 0 Å². The quantitative estimate of drug-likeness (QED) is 0.560. The number of ketones is 1. The molecule has 1 heterocycles. The summed E-state index contributed by atoms with van der Waals surface area (Å²) < 4.78 is 4.53. The number of aromatic nitrogens is 1. The lowest BCUT2D eigenvalue weighted by atomic mass is 10.2. The molecule has 0 aliphatic heterocycles. The number of hydrogen-bond donors (Lipinski definition) is 2. The van der Waals surface area contributed by atoms with Crippen molar-refractivity contribution in [2.24, 2.45) is 5.73 Å². The summed E-state index contributed by atoms with van der Waals surface area (Å²) in [7, 11) is 0. The van der Waals surface area contributed by atoms with Crippen molar-refractivity contribution < 1.29 is 9.21 Å². The fourth-order valence-electron chi connectivity index (χ4n) is 0.763. The molecule has 0 saturated carbocycles. The second-order valence-corrected chi connectivity index (χ2v) is 2.10. The van der Waals surface area contributed by atoms with E-state index in [-0.39, 0.29) is 18.1 Å². The van der Waals surface area contributed by atoms with E-state index in [1.165, 1.54) is 0 Å². The van der Waals surface area contributed by atoms with E-state index < -0.39 is 5.76 Å². The van der Waals surface area contributed by atoms with Crippen LogP contribution in [0.5, 0.6) is 0 Å². The van der Waals surface area contributed by atoms with Crippen LogP contribution >= 0.6 is 0 Å². The van der Waals surface area contributed by atoms with Crippen LogP contribution < -0.4 is 11.5 Å². The van der Waals surface area contributed by atoms with Crippen molar-refractivity contribution in [1.82, 2.24) is 4.98 Å². The van der Waals surface area contributed by atoms with Gasteiger partial charge in [0.2, 0.25) is 5.78 Å². The third kappa shape index (κ3) is 1.38. The average molecular weight is 156 g/mol. The molecule has 1 rings (SSSR count). The van der Waals surface area contributed by atoms with Gasteiger partial charge in [0.05, 0.1) is 12.2 Å². The lowest BCUT2D eigenvalue weighted by Gasteiger charge is -1.89. The number of nitrogens with two attached hydrogens (primary N) is 1. The number of hydrogen-bond acceptors (Lipinski definition) is 4. The Hall–Kier alpha value is -1.36. The summed E-state index contributed by atoms with van der Waals surface area (Å²) in [6, 6.07) is 0. The summed E-state index contributed by atoms with van der Waals surface area (Å²) in [6.45, 7) is 1.43. The monoisotopic (exact) mass is 156 g/mol. The van der Waals surface area contributed by atoms with Crippen LogP contribution in [0.1, 0.15) is 16.2 Å². The SMILES string of the molecule is Cc1[nH]c(=O)oc1C(=O)CN. The zero-order valence-electron chi connectivity index (χ0n) is 6.01. The van der Waals surface area contributed by atoms with Crippen LogP contribution in [0.15, 0.2) is 9.21 Å². The van der Waals surface area contributed by atoms with Crippen molar-refractivity contribution in [3.05, 3.63) is 22.0 Å². The Morgan fingerprint density at radius 2 is 2.36 bits per heavy atom. The minimum absolute atomic E-state index is 0.0255. The predicted molar refractivity (Wildman–Crippen MR) is 37.5 cm³/mol. The normalized spacial score (nSPS) is 10.0.